The van der Waals surface area contributed by atoms with E-state index in [-0.39, 0.29) is 0 Å². The molecule has 1 aliphatic rings. The van der Waals surface area contributed by atoms with Gasteiger partial charge in [0.05, 0.1) is 28.2 Å². The Morgan fingerprint density at radius 3 is 1.82 bits per heavy atom. The van der Waals surface area contributed by atoms with Crippen molar-refractivity contribution in [2.24, 2.45) is 0 Å². The smallest absolute Gasteiger partial charge is 0.222 e. The molecule has 0 atom stereocenters. The van der Waals surface area contributed by atoms with Crippen LogP contribution in [0.15, 0.2) is 121 Å². The largest absolute Gasteiger partial charge is 0.309 e. The van der Waals surface area contributed by atoms with Crippen molar-refractivity contribution >= 4 is 50.4 Å². The number of thiazole rings is 1. The van der Waals surface area contributed by atoms with Crippen molar-refractivity contribution < 1.29 is 0 Å². The van der Waals surface area contributed by atoms with E-state index in [1.54, 1.807) is 11.3 Å². The van der Waals surface area contributed by atoms with E-state index >= 15 is 0 Å². The molecule has 0 radical (unpaired) electrons. The van der Waals surface area contributed by atoms with Gasteiger partial charge in [0, 0.05) is 16.8 Å². The number of aromatic nitrogens is 1. The van der Waals surface area contributed by atoms with Gasteiger partial charge in [-0.3, -0.25) is 0 Å². The van der Waals surface area contributed by atoms with Gasteiger partial charge in [0.25, 0.3) is 0 Å². The predicted molar refractivity (Wildman–Crippen MR) is 160 cm³/mol. The minimum Gasteiger partial charge on any atom is -0.309 e. The molecule has 3 nitrogen and oxygen atoms in total. The van der Waals surface area contributed by atoms with E-state index in [1.807, 2.05) is 30.3 Å². The summed E-state index contributed by atoms with van der Waals surface area (Å²) in [7, 11) is 0. The average Bonchev–Trinajstić information content (AvgIpc) is 3.37. The Hall–Kier alpha value is -4.98. The van der Waals surface area contributed by atoms with Gasteiger partial charge in [-0.2, -0.15) is 0 Å². The number of benzene rings is 5. The molecule has 0 saturated carbocycles. The zero-order valence-electron chi connectivity index (χ0n) is 20.4. The molecular formula is C34H21N3S. The zero-order valence-corrected chi connectivity index (χ0v) is 21.2. The first-order valence-corrected chi connectivity index (χ1v) is 13.2. The first kappa shape index (κ1) is 22.2. The van der Waals surface area contributed by atoms with E-state index in [9.17, 15) is 0 Å². The molecule has 0 amide bonds. The second-order valence-corrected chi connectivity index (χ2v) is 10.2. The van der Waals surface area contributed by atoms with Gasteiger partial charge in [0.1, 0.15) is 5.01 Å². The maximum Gasteiger partial charge on any atom is 0.222 e. The molecule has 1 aromatic heterocycles. The van der Waals surface area contributed by atoms with Crippen LogP contribution in [0.3, 0.4) is 0 Å². The molecular weight excluding hydrogens is 482 g/mol. The normalized spacial score (nSPS) is 12.3. The molecule has 0 saturated heterocycles. The average molecular weight is 504 g/mol. The molecule has 178 valence electrons. The molecule has 1 aliphatic heterocycles. The summed E-state index contributed by atoms with van der Waals surface area (Å²) < 4.78 is 1.09. The Kier molecular flexibility index (Phi) is 5.36. The molecule has 0 fully saturated rings. The Morgan fingerprint density at radius 1 is 0.658 bits per heavy atom. The quantitative estimate of drug-likeness (QED) is 0.224. The SMILES string of the molecule is [C-]#[N+]C(=Cc1ccc(N2c3ccccc3-c3ccccc3-c3ccccc32)cc1)c1nc2ccccc2s1. The van der Waals surface area contributed by atoms with E-state index in [2.05, 4.69) is 112 Å². The number of hydrogen-bond donors (Lipinski definition) is 0. The summed E-state index contributed by atoms with van der Waals surface area (Å²) in [6, 6.07) is 42.2. The molecule has 38 heavy (non-hydrogen) atoms. The lowest BCUT2D eigenvalue weighted by Gasteiger charge is -2.27. The summed E-state index contributed by atoms with van der Waals surface area (Å²) in [6.45, 7) is 7.79. The number of fused-ring (bicyclic) bond motifs is 6. The highest BCUT2D eigenvalue weighted by molar-refractivity contribution is 7.19. The zero-order chi connectivity index (χ0) is 25.5. The molecule has 0 spiro atoms. The molecule has 5 aromatic carbocycles. The van der Waals surface area contributed by atoms with Crippen LogP contribution in [0.4, 0.5) is 17.1 Å². The van der Waals surface area contributed by atoms with E-state index < -0.39 is 0 Å². The van der Waals surface area contributed by atoms with Crippen LogP contribution in [0.25, 0.3) is 49.1 Å². The lowest BCUT2D eigenvalue weighted by molar-refractivity contribution is 1.29. The second-order valence-electron chi connectivity index (χ2n) is 9.13. The maximum absolute atomic E-state index is 7.79. The summed E-state index contributed by atoms with van der Waals surface area (Å²) in [4.78, 5) is 10.8. The Labute approximate surface area is 225 Å². The minimum absolute atomic E-state index is 0.555. The molecule has 7 rings (SSSR count). The van der Waals surface area contributed by atoms with Gasteiger partial charge in [-0.05, 0) is 59.2 Å². The highest BCUT2D eigenvalue weighted by Gasteiger charge is 2.25. The third-order valence-corrected chi connectivity index (χ3v) is 7.94. The monoisotopic (exact) mass is 503 g/mol. The van der Waals surface area contributed by atoms with Crippen LogP contribution in [0, 0.1) is 6.57 Å². The van der Waals surface area contributed by atoms with Gasteiger partial charge in [-0.1, -0.05) is 84.9 Å². The van der Waals surface area contributed by atoms with E-state index in [0.717, 1.165) is 37.8 Å². The summed E-state index contributed by atoms with van der Waals surface area (Å²) in [6.07, 6.45) is 1.93. The fraction of sp³-hybridized carbons (Fsp3) is 0. The van der Waals surface area contributed by atoms with Crippen molar-refractivity contribution in [1.82, 2.24) is 4.98 Å². The highest BCUT2D eigenvalue weighted by Crippen LogP contribution is 2.50. The summed E-state index contributed by atoms with van der Waals surface area (Å²) in [5.74, 6) is 0. The van der Waals surface area contributed by atoms with Crippen LogP contribution in [-0.2, 0) is 0 Å². The number of rotatable bonds is 3. The molecule has 0 aliphatic carbocycles. The number of para-hydroxylation sites is 3. The van der Waals surface area contributed by atoms with Crippen LogP contribution in [0.1, 0.15) is 10.6 Å². The molecule has 6 aromatic rings. The van der Waals surface area contributed by atoms with Crippen molar-refractivity contribution in [3.05, 3.63) is 143 Å². The van der Waals surface area contributed by atoms with Crippen LogP contribution < -0.4 is 4.90 Å². The van der Waals surface area contributed by atoms with Gasteiger partial charge >= 0.3 is 0 Å². The number of anilines is 3. The topological polar surface area (TPSA) is 20.5 Å². The third-order valence-electron chi connectivity index (χ3n) is 6.89. The van der Waals surface area contributed by atoms with Gasteiger partial charge in [-0.25, -0.2) is 9.83 Å². The lowest BCUT2D eigenvalue weighted by atomic mass is 9.95. The summed E-state index contributed by atoms with van der Waals surface area (Å²) in [5, 5.41) is 0.749. The van der Waals surface area contributed by atoms with E-state index in [4.69, 9.17) is 6.57 Å². The van der Waals surface area contributed by atoms with Gasteiger partial charge in [0.2, 0.25) is 5.70 Å². The fourth-order valence-corrected chi connectivity index (χ4v) is 6.08. The van der Waals surface area contributed by atoms with E-state index in [1.165, 1.54) is 22.3 Å². The molecule has 2 heterocycles. The summed E-state index contributed by atoms with van der Waals surface area (Å²) in [5.41, 5.74) is 10.7. The second kappa shape index (κ2) is 9.15. The maximum atomic E-state index is 7.79. The standard InChI is InChI=1S/C34H21N3S/c1-35-30(34-36-29-14-6-9-17-33(29)38-34)22-23-18-20-24(21-19-23)37-31-15-7-4-12-27(31)25-10-2-3-11-26(25)28-13-5-8-16-32(28)37/h2-22H. The Bertz CT molecular complexity index is 1790. The van der Waals surface area contributed by atoms with Crippen molar-refractivity contribution in [3.63, 3.8) is 0 Å². The minimum atomic E-state index is 0.555. The van der Waals surface area contributed by atoms with Crippen LogP contribution in [-0.4, -0.2) is 4.98 Å². The van der Waals surface area contributed by atoms with Gasteiger partial charge in [-0.15, -0.1) is 11.3 Å². The molecule has 0 N–H and O–H groups in total. The molecule has 0 bridgehead atoms. The third kappa shape index (κ3) is 3.69. The van der Waals surface area contributed by atoms with Crippen molar-refractivity contribution in [3.8, 4) is 22.3 Å². The van der Waals surface area contributed by atoms with Crippen LogP contribution >= 0.6 is 11.3 Å². The molecule has 0 unspecified atom stereocenters. The van der Waals surface area contributed by atoms with E-state index in [0.29, 0.717) is 5.70 Å². The summed E-state index contributed by atoms with van der Waals surface area (Å²) >= 11 is 1.55. The Balaban J connectivity index is 1.33. The molecule has 4 heteroatoms. The predicted octanol–water partition coefficient (Wildman–Crippen LogP) is 9.83. The van der Waals surface area contributed by atoms with Crippen LogP contribution in [0.2, 0.25) is 0 Å². The Morgan fingerprint density at radius 2 is 1.21 bits per heavy atom. The fourth-order valence-electron chi connectivity index (χ4n) is 5.15. The van der Waals surface area contributed by atoms with Gasteiger partial charge in [0.15, 0.2) is 0 Å². The van der Waals surface area contributed by atoms with Crippen LogP contribution in [0.5, 0.6) is 0 Å². The van der Waals surface area contributed by atoms with Crippen molar-refractivity contribution in [1.29, 1.82) is 0 Å². The highest BCUT2D eigenvalue weighted by atomic mass is 32.1. The first-order chi connectivity index (χ1) is 18.8. The van der Waals surface area contributed by atoms with Crippen molar-refractivity contribution in [2.45, 2.75) is 0 Å². The number of nitrogens with zero attached hydrogens (tertiary/aromatic N) is 3. The van der Waals surface area contributed by atoms with Gasteiger partial charge < -0.3 is 4.90 Å². The number of hydrogen-bond acceptors (Lipinski definition) is 3. The van der Waals surface area contributed by atoms with Crippen molar-refractivity contribution in [2.75, 3.05) is 4.90 Å². The first-order valence-electron chi connectivity index (χ1n) is 12.4. The lowest BCUT2D eigenvalue weighted by Crippen LogP contribution is -2.10.